The molecule has 48 heavy (non-hydrogen) atoms. The molecule has 0 saturated heterocycles. The van der Waals surface area contributed by atoms with Crippen LogP contribution in [0.25, 0.3) is 0 Å². The molecule has 0 aliphatic carbocycles. The zero-order chi connectivity index (χ0) is 33.4. The molecule has 12 heteroatoms. The average molecular weight is 657 g/mol. The fourth-order valence-corrected chi connectivity index (χ4v) is 7.22. The van der Waals surface area contributed by atoms with Crippen molar-refractivity contribution in [3.05, 3.63) is 82.9 Å². The summed E-state index contributed by atoms with van der Waals surface area (Å²) in [6, 6.07) is 18.0. The molecule has 4 unspecified atom stereocenters. The maximum atomic E-state index is 13.9. The number of hydrogen-bond donors (Lipinski definition) is 0. The Morgan fingerprint density at radius 1 is 0.542 bits per heavy atom. The number of amides is 2. The van der Waals surface area contributed by atoms with Crippen LogP contribution < -0.4 is 19.3 Å². The maximum Gasteiger partial charge on any atom is 0.320 e. The summed E-state index contributed by atoms with van der Waals surface area (Å²) < 4.78 is 32.9. The summed E-state index contributed by atoms with van der Waals surface area (Å²) in [5, 5.41) is 0. The van der Waals surface area contributed by atoms with E-state index in [1.807, 2.05) is 48.5 Å². The summed E-state index contributed by atoms with van der Waals surface area (Å²) in [7, 11) is 3.18. The summed E-state index contributed by atoms with van der Waals surface area (Å²) >= 11 is 0. The van der Waals surface area contributed by atoms with Gasteiger partial charge in [0.25, 0.3) is 0 Å². The first-order chi connectivity index (χ1) is 23.4. The number of esters is 2. The lowest BCUT2D eigenvalue weighted by Gasteiger charge is -2.20. The smallest absolute Gasteiger partial charge is 0.320 e. The normalized spacial score (nSPS) is 22.1. The van der Waals surface area contributed by atoms with Crippen LogP contribution in [0.5, 0.6) is 11.5 Å². The molecule has 3 aromatic carbocycles. The lowest BCUT2D eigenvalue weighted by atomic mass is 9.80. The fraction of sp³-hybridized carbons (Fsp3) is 0.389. The molecule has 0 N–H and O–H groups in total. The second-order valence-electron chi connectivity index (χ2n) is 12.0. The van der Waals surface area contributed by atoms with Gasteiger partial charge >= 0.3 is 11.9 Å². The number of carbonyl (C=O) groups is 4. The van der Waals surface area contributed by atoms with Gasteiger partial charge in [-0.1, -0.05) is 36.4 Å². The standard InChI is InChI=1S/C36H36N2O10/c1-43-15-17-45-13-11-37-25-9-5-3-7-21(25)29(33(37)39)31-23-19-28-24(20-27(23)47-35(31)41)32(36(42)48-28)30-22-8-4-6-10-26(22)38(34(30)40)12-14-46-18-16-44-2/h3-10,19-20,29-32H,11-18H2,1-2H3. The molecule has 3 aromatic rings. The van der Waals surface area contributed by atoms with E-state index in [0.717, 1.165) is 0 Å². The van der Waals surface area contributed by atoms with E-state index in [0.29, 0.717) is 86.4 Å². The van der Waals surface area contributed by atoms with Crippen LogP contribution in [0.15, 0.2) is 60.7 Å². The van der Waals surface area contributed by atoms with Gasteiger partial charge in [0.1, 0.15) is 23.3 Å². The largest absolute Gasteiger partial charge is 0.426 e. The van der Waals surface area contributed by atoms with Crippen molar-refractivity contribution in [1.82, 2.24) is 0 Å². The van der Waals surface area contributed by atoms with Crippen LogP contribution in [0.3, 0.4) is 0 Å². The highest BCUT2D eigenvalue weighted by Gasteiger charge is 2.53. The first-order valence-corrected chi connectivity index (χ1v) is 16.0. The molecule has 7 rings (SSSR count). The third kappa shape index (κ3) is 5.44. The van der Waals surface area contributed by atoms with Crippen LogP contribution in [0, 0.1) is 0 Å². The summed E-state index contributed by atoms with van der Waals surface area (Å²) in [5.74, 6) is -4.66. The first kappa shape index (κ1) is 32.0. The summed E-state index contributed by atoms with van der Waals surface area (Å²) in [5.41, 5.74) is 3.78. The number of methoxy groups -OCH3 is 2. The number of rotatable bonds is 14. The number of anilines is 2. The van der Waals surface area contributed by atoms with E-state index in [4.69, 9.17) is 28.4 Å². The summed E-state index contributed by atoms with van der Waals surface area (Å²) in [6.07, 6.45) is 0. The van der Waals surface area contributed by atoms with Gasteiger partial charge in [-0.2, -0.15) is 0 Å². The molecule has 250 valence electrons. The zero-order valence-electron chi connectivity index (χ0n) is 26.7. The van der Waals surface area contributed by atoms with Crippen molar-refractivity contribution in [2.75, 3.05) is 76.8 Å². The Balaban J connectivity index is 1.17. The van der Waals surface area contributed by atoms with Crippen molar-refractivity contribution in [1.29, 1.82) is 0 Å². The molecular formula is C36H36N2O10. The highest BCUT2D eigenvalue weighted by atomic mass is 16.6. The molecule has 0 aromatic heterocycles. The average Bonchev–Trinajstić information content (AvgIpc) is 3.75. The SMILES string of the molecule is COCCOCCN1C(=O)C(C2C(=O)Oc3cc4c(cc32)OC(=O)C4C2C(=O)N(CCOCCOC)c3ccccc32)c2ccccc21. The van der Waals surface area contributed by atoms with Crippen LogP contribution >= 0.6 is 0 Å². The molecule has 12 nitrogen and oxygen atoms in total. The number of fused-ring (bicyclic) bond motifs is 4. The monoisotopic (exact) mass is 656 g/mol. The van der Waals surface area contributed by atoms with Gasteiger partial charge in [-0.25, -0.2) is 0 Å². The zero-order valence-corrected chi connectivity index (χ0v) is 26.7. The number of nitrogens with zero attached hydrogens (tertiary/aromatic N) is 2. The van der Waals surface area contributed by atoms with E-state index in [2.05, 4.69) is 0 Å². The molecule has 0 bridgehead atoms. The Morgan fingerprint density at radius 2 is 0.958 bits per heavy atom. The van der Waals surface area contributed by atoms with Gasteiger partial charge < -0.3 is 38.2 Å². The number of carbonyl (C=O) groups excluding carboxylic acids is 4. The van der Waals surface area contributed by atoms with Crippen molar-refractivity contribution in [3.63, 3.8) is 0 Å². The summed E-state index contributed by atoms with van der Waals surface area (Å²) in [6.45, 7) is 2.89. The topological polar surface area (TPSA) is 130 Å². The van der Waals surface area contributed by atoms with E-state index < -0.39 is 35.6 Å². The third-order valence-electron chi connectivity index (χ3n) is 9.38. The number of hydrogen-bond acceptors (Lipinski definition) is 10. The maximum absolute atomic E-state index is 13.9. The van der Waals surface area contributed by atoms with E-state index in [-0.39, 0.29) is 23.3 Å². The van der Waals surface area contributed by atoms with E-state index in [1.165, 1.54) is 0 Å². The predicted molar refractivity (Wildman–Crippen MR) is 172 cm³/mol. The van der Waals surface area contributed by atoms with Gasteiger partial charge in [-0.3, -0.25) is 19.2 Å². The van der Waals surface area contributed by atoms with Crippen LogP contribution in [0.4, 0.5) is 11.4 Å². The quantitative estimate of drug-likeness (QED) is 0.145. The second kappa shape index (κ2) is 13.5. The Kier molecular flexibility index (Phi) is 8.97. The first-order valence-electron chi connectivity index (χ1n) is 16.0. The van der Waals surface area contributed by atoms with E-state index >= 15 is 0 Å². The lowest BCUT2D eigenvalue weighted by Crippen LogP contribution is -2.35. The van der Waals surface area contributed by atoms with Gasteiger partial charge in [0.05, 0.1) is 51.5 Å². The van der Waals surface area contributed by atoms with Crippen molar-refractivity contribution in [2.45, 2.75) is 23.7 Å². The number of para-hydroxylation sites is 2. The van der Waals surface area contributed by atoms with Crippen molar-refractivity contribution >= 4 is 35.1 Å². The third-order valence-corrected chi connectivity index (χ3v) is 9.38. The molecule has 2 amide bonds. The Hall–Kier alpha value is -4.62. The van der Waals surface area contributed by atoms with Gasteiger partial charge in [0.2, 0.25) is 11.8 Å². The molecule has 0 spiro atoms. The van der Waals surface area contributed by atoms with Gasteiger partial charge in [-0.05, 0) is 35.4 Å². The molecular weight excluding hydrogens is 620 g/mol. The Labute approximate surface area is 277 Å². The number of ether oxygens (including phenoxy) is 6. The molecule has 4 heterocycles. The van der Waals surface area contributed by atoms with E-state index in [9.17, 15) is 19.2 Å². The second-order valence-corrected chi connectivity index (χ2v) is 12.0. The molecule has 0 radical (unpaired) electrons. The van der Waals surface area contributed by atoms with Gasteiger partial charge in [0.15, 0.2) is 0 Å². The minimum Gasteiger partial charge on any atom is -0.426 e. The highest BCUT2D eigenvalue weighted by molar-refractivity contribution is 6.10. The van der Waals surface area contributed by atoms with Gasteiger partial charge in [-0.15, -0.1) is 0 Å². The van der Waals surface area contributed by atoms with Crippen LogP contribution in [0.1, 0.15) is 45.9 Å². The molecule has 4 aliphatic heterocycles. The fourth-order valence-electron chi connectivity index (χ4n) is 7.22. The Morgan fingerprint density at radius 3 is 1.38 bits per heavy atom. The predicted octanol–water partition coefficient (Wildman–Crippen LogP) is 3.28. The van der Waals surface area contributed by atoms with Gasteiger partial charge in [0, 0.05) is 49.8 Å². The lowest BCUT2D eigenvalue weighted by molar-refractivity contribution is -0.136. The van der Waals surface area contributed by atoms with Crippen molar-refractivity contribution < 1.29 is 47.6 Å². The molecule has 0 saturated carbocycles. The molecule has 4 aliphatic rings. The number of benzene rings is 3. The molecule has 0 fully saturated rings. The van der Waals surface area contributed by atoms with Crippen molar-refractivity contribution in [2.24, 2.45) is 0 Å². The van der Waals surface area contributed by atoms with Crippen molar-refractivity contribution in [3.8, 4) is 11.5 Å². The van der Waals surface area contributed by atoms with Crippen LogP contribution in [0.2, 0.25) is 0 Å². The van der Waals surface area contributed by atoms with Crippen LogP contribution in [-0.4, -0.2) is 90.7 Å². The Bertz CT molecular complexity index is 1630. The van der Waals surface area contributed by atoms with E-state index in [1.54, 1.807) is 36.2 Å². The summed E-state index contributed by atoms with van der Waals surface area (Å²) in [4.78, 5) is 58.3. The highest BCUT2D eigenvalue weighted by Crippen LogP contribution is 2.55. The van der Waals surface area contributed by atoms with Crippen LogP contribution in [-0.2, 0) is 38.1 Å². The minimum atomic E-state index is -0.946. The minimum absolute atomic E-state index is 0.240. The molecule has 4 atom stereocenters.